The van der Waals surface area contributed by atoms with E-state index in [1.165, 1.54) is 12.8 Å². The molecule has 2 aliphatic rings. The molecule has 7 heteroatoms. The summed E-state index contributed by atoms with van der Waals surface area (Å²) >= 11 is 0. The lowest BCUT2D eigenvalue weighted by atomic mass is 9.87. The number of aryl methyl sites for hydroxylation is 1. The molecule has 1 aliphatic carbocycles. The number of carbonyl (C=O) groups is 1. The molecule has 1 saturated carbocycles. The Kier molecular flexibility index (Phi) is 7.12. The highest BCUT2D eigenvalue weighted by molar-refractivity contribution is 5.78. The van der Waals surface area contributed by atoms with E-state index in [1.807, 2.05) is 18.2 Å². The maximum Gasteiger partial charge on any atom is 0.234 e. The summed E-state index contributed by atoms with van der Waals surface area (Å²) in [6.45, 7) is 8.32. The van der Waals surface area contributed by atoms with Crippen LogP contribution in [0, 0.1) is 5.92 Å². The number of amides is 1. The summed E-state index contributed by atoms with van der Waals surface area (Å²) in [6, 6.07) is 8.25. The quantitative estimate of drug-likeness (QED) is 0.772. The minimum absolute atomic E-state index is 0.167. The van der Waals surface area contributed by atoms with Crippen molar-refractivity contribution in [3.8, 4) is 11.5 Å². The molecule has 7 nitrogen and oxygen atoms in total. The Morgan fingerprint density at radius 1 is 1.16 bits per heavy atom. The number of nitrogens with one attached hydrogen (secondary N) is 1. The third-order valence-corrected chi connectivity index (χ3v) is 6.39. The number of pyridine rings is 1. The minimum Gasteiger partial charge on any atom is -0.354 e. The van der Waals surface area contributed by atoms with Gasteiger partial charge in [0.05, 0.1) is 6.54 Å². The van der Waals surface area contributed by atoms with Gasteiger partial charge in [-0.05, 0) is 37.3 Å². The number of hydrogen-bond donors (Lipinski definition) is 1. The number of hydrogen-bond acceptors (Lipinski definition) is 6. The summed E-state index contributed by atoms with van der Waals surface area (Å²) in [5.74, 6) is 2.52. The van der Waals surface area contributed by atoms with Crippen LogP contribution in [0.15, 0.2) is 30.5 Å². The number of nitrogens with zero attached hydrogens (tertiary/aromatic N) is 5. The molecule has 3 heterocycles. The van der Waals surface area contributed by atoms with Crippen LogP contribution in [-0.2, 0) is 11.2 Å². The van der Waals surface area contributed by atoms with E-state index in [1.54, 1.807) is 6.20 Å². The van der Waals surface area contributed by atoms with Crippen LogP contribution in [0.2, 0.25) is 0 Å². The molecule has 2 fully saturated rings. The third kappa shape index (κ3) is 5.79. The van der Waals surface area contributed by atoms with Crippen molar-refractivity contribution in [2.75, 3.05) is 37.6 Å². The average molecular weight is 423 g/mol. The number of aromatic nitrogens is 3. The molecule has 166 valence electrons. The Bertz CT molecular complexity index is 866. The van der Waals surface area contributed by atoms with E-state index in [0.717, 1.165) is 68.6 Å². The lowest BCUT2D eigenvalue weighted by Crippen LogP contribution is -2.51. The average Bonchev–Trinajstić information content (AvgIpc) is 2.80. The van der Waals surface area contributed by atoms with Crippen molar-refractivity contribution in [2.24, 2.45) is 5.92 Å². The maximum atomic E-state index is 12.5. The molecule has 1 N–H and O–H groups in total. The van der Waals surface area contributed by atoms with E-state index in [-0.39, 0.29) is 5.91 Å². The molecule has 1 saturated heterocycles. The first kappa shape index (κ1) is 21.7. The monoisotopic (exact) mass is 422 g/mol. The minimum atomic E-state index is 0.167. The zero-order chi connectivity index (χ0) is 21.6. The fraction of sp³-hybridized carbons (Fsp3) is 0.583. The van der Waals surface area contributed by atoms with Crippen molar-refractivity contribution in [1.82, 2.24) is 25.2 Å². The Morgan fingerprint density at radius 3 is 2.71 bits per heavy atom. The van der Waals surface area contributed by atoms with Gasteiger partial charge in [0.2, 0.25) is 5.91 Å². The molecular formula is C24H34N6O. The number of rotatable bonds is 6. The highest BCUT2D eigenvalue weighted by Crippen LogP contribution is 2.23. The first-order chi connectivity index (χ1) is 15.1. The molecule has 2 atom stereocenters. The van der Waals surface area contributed by atoms with Crippen molar-refractivity contribution in [1.29, 1.82) is 0 Å². The molecule has 2 aromatic heterocycles. The van der Waals surface area contributed by atoms with Crippen LogP contribution < -0.4 is 10.2 Å². The molecule has 1 amide bonds. The first-order valence-corrected chi connectivity index (χ1v) is 11.7. The number of carbonyl (C=O) groups excluding carboxylic acids is 1. The van der Waals surface area contributed by atoms with Gasteiger partial charge in [0.1, 0.15) is 11.5 Å². The second-order valence-corrected chi connectivity index (χ2v) is 8.91. The van der Waals surface area contributed by atoms with Crippen LogP contribution in [-0.4, -0.2) is 64.5 Å². The van der Waals surface area contributed by atoms with Gasteiger partial charge in [-0.25, -0.2) is 9.97 Å². The van der Waals surface area contributed by atoms with Crippen molar-refractivity contribution < 1.29 is 4.79 Å². The van der Waals surface area contributed by atoms with Gasteiger partial charge in [-0.15, -0.1) is 0 Å². The van der Waals surface area contributed by atoms with Gasteiger partial charge in [-0.3, -0.25) is 14.7 Å². The van der Waals surface area contributed by atoms with E-state index < -0.39 is 0 Å². The molecule has 0 bridgehead atoms. The lowest BCUT2D eigenvalue weighted by molar-refractivity contribution is -0.123. The van der Waals surface area contributed by atoms with Gasteiger partial charge < -0.3 is 10.2 Å². The molecule has 1 aliphatic heterocycles. The van der Waals surface area contributed by atoms with Gasteiger partial charge in [-0.1, -0.05) is 32.8 Å². The zero-order valence-electron chi connectivity index (χ0n) is 18.8. The molecule has 0 spiro atoms. The second kappa shape index (κ2) is 10.2. The molecule has 2 aromatic rings. The summed E-state index contributed by atoms with van der Waals surface area (Å²) in [6.07, 6.45) is 7.38. The van der Waals surface area contributed by atoms with E-state index in [2.05, 4.69) is 45.0 Å². The largest absolute Gasteiger partial charge is 0.354 e. The van der Waals surface area contributed by atoms with Gasteiger partial charge in [0, 0.05) is 50.2 Å². The second-order valence-electron chi connectivity index (χ2n) is 8.91. The van der Waals surface area contributed by atoms with Gasteiger partial charge in [0.25, 0.3) is 0 Å². The summed E-state index contributed by atoms with van der Waals surface area (Å²) in [5, 5.41) is 3.26. The number of anilines is 1. The Hall–Kier alpha value is -2.54. The molecule has 4 rings (SSSR count). The van der Waals surface area contributed by atoms with Gasteiger partial charge >= 0.3 is 0 Å². The van der Waals surface area contributed by atoms with Gasteiger partial charge in [-0.2, -0.15) is 0 Å². The molecule has 2 unspecified atom stereocenters. The Balaban J connectivity index is 1.33. The molecule has 31 heavy (non-hydrogen) atoms. The van der Waals surface area contributed by atoms with E-state index in [4.69, 9.17) is 4.98 Å². The number of piperazine rings is 1. The fourth-order valence-electron chi connectivity index (χ4n) is 4.61. The standard InChI is InChI=1S/C24H34N6O/c1-3-19-16-22(28-24(27-19)21-9-4-5-10-25-21)30-13-11-29(12-14-30)17-23(31)26-20-8-6-7-18(2)15-20/h4-5,9-10,16,18,20H,3,6-8,11-15,17H2,1-2H3,(H,26,31). The van der Waals surface area contributed by atoms with Crippen molar-refractivity contribution in [3.05, 3.63) is 36.2 Å². The van der Waals surface area contributed by atoms with E-state index in [0.29, 0.717) is 18.4 Å². The summed E-state index contributed by atoms with van der Waals surface area (Å²) in [5.41, 5.74) is 1.82. The third-order valence-electron chi connectivity index (χ3n) is 6.39. The predicted octanol–water partition coefficient (Wildman–Crippen LogP) is 2.92. The maximum absolute atomic E-state index is 12.5. The summed E-state index contributed by atoms with van der Waals surface area (Å²) in [7, 11) is 0. The van der Waals surface area contributed by atoms with Crippen LogP contribution in [0.25, 0.3) is 11.5 Å². The van der Waals surface area contributed by atoms with Crippen molar-refractivity contribution >= 4 is 11.7 Å². The van der Waals surface area contributed by atoms with Crippen LogP contribution in [0.3, 0.4) is 0 Å². The highest BCUT2D eigenvalue weighted by atomic mass is 16.2. The molecule has 0 radical (unpaired) electrons. The smallest absolute Gasteiger partial charge is 0.234 e. The van der Waals surface area contributed by atoms with Gasteiger partial charge in [0.15, 0.2) is 5.82 Å². The van der Waals surface area contributed by atoms with E-state index in [9.17, 15) is 4.79 Å². The zero-order valence-corrected chi connectivity index (χ0v) is 18.8. The topological polar surface area (TPSA) is 74.2 Å². The van der Waals surface area contributed by atoms with Crippen LogP contribution in [0.1, 0.15) is 45.2 Å². The Morgan fingerprint density at radius 2 is 2.00 bits per heavy atom. The summed E-state index contributed by atoms with van der Waals surface area (Å²) in [4.78, 5) is 31.0. The normalized spacial score (nSPS) is 22.3. The first-order valence-electron chi connectivity index (χ1n) is 11.7. The predicted molar refractivity (Wildman–Crippen MR) is 123 cm³/mol. The summed E-state index contributed by atoms with van der Waals surface area (Å²) < 4.78 is 0. The van der Waals surface area contributed by atoms with Crippen LogP contribution >= 0.6 is 0 Å². The van der Waals surface area contributed by atoms with Crippen LogP contribution in [0.4, 0.5) is 5.82 Å². The SMILES string of the molecule is CCc1cc(N2CCN(CC(=O)NC3CCCC(C)C3)CC2)nc(-c2ccccn2)n1. The van der Waals surface area contributed by atoms with Crippen molar-refractivity contribution in [2.45, 2.75) is 52.0 Å². The highest BCUT2D eigenvalue weighted by Gasteiger charge is 2.24. The van der Waals surface area contributed by atoms with Crippen molar-refractivity contribution in [3.63, 3.8) is 0 Å². The van der Waals surface area contributed by atoms with E-state index >= 15 is 0 Å². The Labute approximate surface area is 185 Å². The fourth-order valence-corrected chi connectivity index (χ4v) is 4.61. The molecular weight excluding hydrogens is 388 g/mol. The van der Waals surface area contributed by atoms with Crippen LogP contribution in [0.5, 0.6) is 0 Å². The molecule has 0 aromatic carbocycles. The lowest BCUT2D eigenvalue weighted by Gasteiger charge is -2.35.